The van der Waals surface area contributed by atoms with Gasteiger partial charge in [0.1, 0.15) is 5.25 Å². The van der Waals surface area contributed by atoms with Gasteiger partial charge in [-0.3, -0.25) is 0 Å². The molecule has 1 fully saturated rings. The summed E-state index contributed by atoms with van der Waals surface area (Å²) in [5, 5.41) is 3.56. The smallest absolute Gasteiger partial charge is 0.132 e. The SMILES string of the molecule is CCC(C)[S+]([O-])N1CCNCC1. The Labute approximate surface area is 77.8 Å². The summed E-state index contributed by atoms with van der Waals surface area (Å²) >= 11 is -0.758. The zero-order valence-corrected chi connectivity index (χ0v) is 8.69. The van der Waals surface area contributed by atoms with Gasteiger partial charge in [-0.15, -0.1) is 4.31 Å². The van der Waals surface area contributed by atoms with E-state index in [1.807, 2.05) is 0 Å². The van der Waals surface area contributed by atoms with E-state index in [0.29, 0.717) is 5.25 Å². The lowest BCUT2D eigenvalue weighted by molar-refractivity contribution is 0.355. The minimum Gasteiger partial charge on any atom is -0.598 e. The summed E-state index contributed by atoms with van der Waals surface area (Å²) in [6, 6.07) is 0. The number of nitrogens with zero attached hydrogens (tertiary/aromatic N) is 1. The van der Waals surface area contributed by atoms with Gasteiger partial charge in [-0.2, -0.15) is 0 Å². The van der Waals surface area contributed by atoms with Crippen molar-refractivity contribution in [2.24, 2.45) is 0 Å². The van der Waals surface area contributed by atoms with Crippen LogP contribution in [0.5, 0.6) is 0 Å². The van der Waals surface area contributed by atoms with E-state index in [1.165, 1.54) is 0 Å². The summed E-state index contributed by atoms with van der Waals surface area (Å²) in [4.78, 5) is 0. The third kappa shape index (κ3) is 2.62. The summed E-state index contributed by atoms with van der Waals surface area (Å²) < 4.78 is 13.8. The van der Waals surface area contributed by atoms with Crippen LogP contribution in [0.1, 0.15) is 20.3 Å². The normalized spacial score (nSPS) is 25.2. The Balaban J connectivity index is 2.33. The molecule has 12 heavy (non-hydrogen) atoms. The first kappa shape index (κ1) is 10.3. The van der Waals surface area contributed by atoms with Crippen molar-refractivity contribution in [1.82, 2.24) is 9.62 Å². The van der Waals surface area contributed by atoms with Crippen LogP contribution in [0.2, 0.25) is 0 Å². The predicted molar refractivity (Wildman–Crippen MR) is 52.3 cm³/mol. The van der Waals surface area contributed by atoms with Gasteiger partial charge in [0.25, 0.3) is 0 Å². The third-order valence-electron chi connectivity index (χ3n) is 2.25. The van der Waals surface area contributed by atoms with Crippen molar-refractivity contribution in [2.75, 3.05) is 26.2 Å². The zero-order valence-electron chi connectivity index (χ0n) is 7.88. The van der Waals surface area contributed by atoms with Gasteiger partial charge in [0.05, 0.1) is 13.1 Å². The first-order valence-electron chi connectivity index (χ1n) is 4.62. The Morgan fingerprint density at radius 1 is 1.50 bits per heavy atom. The number of hydrogen-bond donors (Lipinski definition) is 1. The molecule has 4 heteroatoms. The maximum Gasteiger partial charge on any atom is 0.132 e. The fourth-order valence-electron chi connectivity index (χ4n) is 1.22. The topological polar surface area (TPSA) is 38.3 Å². The van der Waals surface area contributed by atoms with E-state index in [1.54, 1.807) is 0 Å². The second-order valence-corrected chi connectivity index (χ2v) is 5.05. The van der Waals surface area contributed by atoms with Crippen LogP contribution in [-0.4, -0.2) is 40.3 Å². The fourth-order valence-corrected chi connectivity index (χ4v) is 2.56. The summed E-state index contributed by atoms with van der Waals surface area (Å²) in [7, 11) is 0. The lowest BCUT2D eigenvalue weighted by Crippen LogP contribution is -2.48. The first-order valence-corrected chi connectivity index (χ1v) is 5.79. The van der Waals surface area contributed by atoms with Crippen LogP contribution in [0.25, 0.3) is 0 Å². The summed E-state index contributed by atoms with van der Waals surface area (Å²) in [5.74, 6) is 0. The first-order chi connectivity index (χ1) is 5.75. The van der Waals surface area contributed by atoms with Crippen molar-refractivity contribution in [1.29, 1.82) is 0 Å². The molecule has 0 saturated carbocycles. The van der Waals surface area contributed by atoms with Crippen LogP contribution in [-0.2, 0) is 11.4 Å². The van der Waals surface area contributed by atoms with Gasteiger partial charge in [-0.05, 0) is 13.3 Å². The molecule has 0 aromatic carbocycles. The van der Waals surface area contributed by atoms with Gasteiger partial charge in [0.2, 0.25) is 0 Å². The van der Waals surface area contributed by atoms with Crippen LogP contribution in [0, 0.1) is 0 Å². The monoisotopic (exact) mass is 190 g/mol. The van der Waals surface area contributed by atoms with Crippen LogP contribution in [0.3, 0.4) is 0 Å². The van der Waals surface area contributed by atoms with Crippen LogP contribution < -0.4 is 5.32 Å². The maximum atomic E-state index is 11.7. The molecular weight excluding hydrogens is 172 g/mol. The van der Waals surface area contributed by atoms with E-state index in [0.717, 1.165) is 32.6 Å². The molecule has 1 aliphatic heterocycles. The number of rotatable bonds is 3. The molecule has 1 heterocycles. The van der Waals surface area contributed by atoms with Crippen LogP contribution in [0.15, 0.2) is 0 Å². The van der Waals surface area contributed by atoms with Crippen molar-refractivity contribution in [3.63, 3.8) is 0 Å². The molecule has 1 aliphatic rings. The Hall–Kier alpha value is 0.230. The lowest BCUT2D eigenvalue weighted by Gasteiger charge is -2.30. The average molecular weight is 190 g/mol. The molecule has 0 aromatic rings. The van der Waals surface area contributed by atoms with Crippen LogP contribution in [0.4, 0.5) is 0 Å². The van der Waals surface area contributed by atoms with E-state index in [9.17, 15) is 4.55 Å². The fraction of sp³-hybridized carbons (Fsp3) is 1.00. The Bertz CT molecular complexity index is 128. The van der Waals surface area contributed by atoms with Crippen molar-refractivity contribution in [2.45, 2.75) is 25.5 Å². The second kappa shape index (κ2) is 5.07. The summed E-state index contributed by atoms with van der Waals surface area (Å²) in [6.45, 7) is 7.95. The molecule has 3 nitrogen and oxygen atoms in total. The Kier molecular flexibility index (Phi) is 4.35. The molecular formula is C8H18N2OS. The Morgan fingerprint density at radius 2 is 2.08 bits per heavy atom. The molecule has 2 unspecified atom stereocenters. The molecule has 1 N–H and O–H groups in total. The third-order valence-corrected chi connectivity index (χ3v) is 4.15. The molecule has 0 aromatic heterocycles. The van der Waals surface area contributed by atoms with Gasteiger partial charge < -0.3 is 9.87 Å². The molecule has 0 bridgehead atoms. The van der Waals surface area contributed by atoms with E-state index < -0.39 is 11.4 Å². The highest BCUT2D eigenvalue weighted by molar-refractivity contribution is 7.89. The highest BCUT2D eigenvalue weighted by Crippen LogP contribution is 2.11. The molecule has 0 amide bonds. The quantitative estimate of drug-likeness (QED) is 0.653. The van der Waals surface area contributed by atoms with E-state index in [-0.39, 0.29) is 0 Å². The standard InChI is InChI=1S/C8H18N2OS/c1-3-8(2)12(11)10-6-4-9-5-7-10/h8-9H,3-7H2,1-2H3. The predicted octanol–water partition coefficient (Wildman–Crippen LogP) is 0.354. The molecule has 1 saturated heterocycles. The van der Waals surface area contributed by atoms with Crippen molar-refractivity contribution in [3.8, 4) is 0 Å². The molecule has 2 atom stereocenters. The van der Waals surface area contributed by atoms with Crippen molar-refractivity contribution in [3.05, 3.63) is 0 Å². The average Bonchev–Trinajstić information content (AvgIpc) is 2.17. The minimum absolute atomic E-state index is 0.308. The van der Waals surface area contributed by atoms with Gasteiger partial charge in [0.15, 0.2) is 0 Å². The van der Waals surface area contributed by atoms with Gasteiger partial charge >= 0.3 is 0 Å². The highest BCUT2D eigenvalue weighted by atomic mass is 32.2. The van der Waals surface area contributed by atoms with Crippen molar-refractivity contribution < 1.29 is 4.55 Å². The number of hydrogen-bond acceptors (Lipinski definition) is 3. The van der Waals surface area contributed by atoms with E-state index in [2.05, 4.69) is 23.5 Å². The summed E-state index contributed by atoms with van der Waals surface area (Å²) in [5.41, 5.74) is 0. The summed E-state index contributed by atoms with van der Waals surface area (Å²) in [6.07, 6.45) is 0.997. The van der Waals surface area contributed by atoms with Gasteiger partial charge in [0, 0.05) is 24.5 Å². The van der Waals surface area contributed by atoms with E-state index >= 15 is 0 Å². The number of piperazine rings is 1. The Morgan fingerprint density at radius 3 is 2.58 bits per heavy atom. The van der Waals surface area contributed by atoms with Crippen molar-refractivity contribution >= 4 is 11.4 Å². The highest BCUT2D eigenvalue weighted by Gasteiger charge is 2.25. The van der Waals surface area contributed by atoms with Gasteiger partial charge in [-0.1, -0.05) is 6.92 Å². The molecule has 1 rings (SSSR count). The zero-order chi connectivity index (χ0) is 8.97. The lowest BCUT2D eigenvalue weighted by atomic mass is 10.4. The largest absolute Gasteiger partial charge is 0.598 e. The van der Waals surface area contributed by atoms with Gasteiger partial charge in [-0.25, -0.2) is 0 Å². The number of nitrogens with one attached hydrogen (secondary N) is 1. The van der Waals surface area contributed by atoms with Crippen LogP contribution >= 0.6 is 0 Å². The molecule has 72 valence electrons. The molecule has 0 spiro atoms. The second-order valence-electron chi connectivity index (χ2n) is 3.17. The minimum atomic E-state index is -0.758. The maximum absolute atomic E-state index is 11.7. The molecule has 0 aliphatic carbocycles. The van der Waals surface area contributed by atoms with E-state index in [4.69, 9.17) is 0 Å². The molecule has 0 radical (unpaired) electrons.